The number of piperidine rings is 1. The molecule has 0 atom stereocenters. The zero-order chi connectivity index (χ0) is 24.3. The molecule has 0 aromatic carbocycles. The van der Waals surface area contributed by atoms with E-state index in [0.717, 1.165) is 42.9 Å². The third kappa shape index (κ3) is 5.23. The van der Waals surface area contributed by atoms with Gasteiger partial charge in [-0.3, -0.25) is 9.69 Å². The minimum absolute atomic E-state index is 0.164. The number of rotatable bonds is 8. The van der Waals surface area contributed by atoms with Gasteiger partial charge in [-0.2, -0.15) is 4.31 Å². The summed E-state index contributed by atoms with van der Waals surface area (Å²) in [4.78, 5) is 29.4. The third-order valence-electron chi connectivity index (χ3n) is 6.31. The molecule has 2 aromatic rings. The van der Waals surface area contributed by atoms with Crippen LogP contribution in [0.1, 0.15) is 53.9 Å². The Hall–Kier alpha value is -1.79. The van der Waals surface area contributed by atoms with Crippen LogP contribution < -0.4 is 5.32 Å². The average molecular weight is 526 g/mol. The van der Waals surface area contributed by atoms with E-state index >= 15 is 0 Å². The highest BCUT2D eigenvalue weighted by Crippen LogP contribution is 2.38. The van der Waals surface area contributed by atoms with Crippen LogP contribution in [0.15, 0.2) is 21.7 Å². The Morgan fingerprint density at radius 1 is 1.21 bits per heavy atom. The first kappa shape index (κ1) is 25.3. The molecular weight excluding hydrogens is 494 g/mol. The van der Waals surface area contributed by atoms with Gasteiger partial charge < -0.3 is 10.1 Å². The Morgan fingerprint density at radius 3 is 2.62 bits per heavy atom. The Kier molecular flexibility index (Phi) is 8.08. The van der Waals surface area contributed by atoms with Gasteiger partial charge in [-0.25, -0.2) is 13.2 Å². The van der Waals surface area contributed by atoms with E-state index in [-0.39, 0.29) is 18.4 Å². The van der Waals surface area contributed by atoms with Gasteiger partial charge in [0.25, 0.3) is 10.0 Å². The number of hydrogen-bond donors (Lipinski definition) is 1. The Balaban J connectivity index is 1.46. The van der Waals surface area contributed by atoms with Crippen LogP contribution in [0, 0.1) is 5.92 Å². The largest absolute Gasteiger partial charge is 0.462 e. The summed E-state index contributed by atoms with van der Waals surface area (Å²) in [7, 11) is -3.51. The summed E-state index contributed by atoms with van der Waals surface area (Å²) in [5, 5.41) is 5.30. The first-order valence-corrected chi connectivity index (χ1v) is 14.9. The molecule has 34 heavy (non-hydrogen) atoms. The third-order valence-corrected chi connectivity index (χ3v) is 10.7. The SMILES string of the molecule is CCCN1CCc2c(sc(NC(=O)C3CCN(S(=O)(=O)c4cccs4)CC3)c2C(=O)OCC)C1. The van der Waals surface area contributed by atoms with Crippen molar-refractivity contribution < 1.29 is 22.7 Å². The Morgan fingerprint density at radius 2 is 1.97 bits per heavy atom. The minimum Gasteiger partial charge on any atom is -0.462 e. The van der Waals surface area contributed by atoms with Gasteiger partial charge in [0.15, 0.2) is 0 Å². The maximum atomic E-state index is 13.1. The van der Waals surface area contributed by atoms with Crippen LogP contribution in [0.2, 0.25) is 0 Å². The first-order valence-electron chi connectivity index (χ1n) is 11.7. The van der Waals surface area contributed by atoms with E-state index < -0.39 is 16.0 Å². The molecule has 8 nitrogen and oxygen atoms in total. The molecule has 2 aromatic heterocycles. The molecule has 0 radical (unpaired) electrons. The second kappa shape index (κ2) is 10.9. The molecule has 2 aliphatic rings. The van der Waals surface area contributed by atoms with Crippen LogP contribution >= 0.6 is 22.7 Å². The number of carbonyl (C=O) groups is 2. The predicted octanol–water partition coefficient (Wildman–Crippen LogP) is 3.79. The van der Waals surface area contributed by atoms with Crippen molar-refractivity contribution in [3.8, 4) is 0 Å². The number of sulfonamides is 1. The summed E-state index contributed by atoms with van der Waals surface area (Å²) in [6, 6.07) is 3.33. The maximum absolute atomic E-state index is 13.1. The standard InChI is InChI=1S/C23H31N3O5S3/c1-3-10-25-11-9-17-18(15-25)33-22(20(17)23(28)31-4-2)24-21(27)16-7-12-26(13-8-16)34(29,30)19-6-5-14-32-19/h5-6,14,16H,3-4,7-13,15H2,1-2H3,(H,24,27). The van der Waals surface area contributed by atoms with Gasteiger partial charge in [0.1, 0.15) is 9.21 Å². The van der Waals surface area contributed by atoms with Gasteiger partial charge in [-0.05, 0) is 56.2 Å². The molecule has 1 N–H and O–H groups in total. The summed E-state index contributed by atoms with van der Waals surface area (Å²) in [5.74, 6) is -0.862. The van der Waals surface area contributed by atoms with Gasteiger partial charge in [-0.15, -0.1) is 22.7 Å². The van der Waals surface area contributed by atoms with E-state index in [9.17, 15) is 18.0 Å². The lowest BCUT2D eigenvalue weighted by molar-refractivity contribution is -0.120. The Bertz CT molecular complexity index is 1120. The van der Waals surface area contributed by atoms with Crippen molar-refractivity contribution in [1.82, 2.24) is 9.21 Å². The number of ether oxygens (including phenoxy) is 1. The lowest BCUT2D eigenvalue weighted by Gasteiger charge is -2.30. The smallest absolute Gasteiger partial charge is 0.341 e. The fraction of sp³-hybridized carbons (Fsp3) is 0.565. The molecule has 186 valence electrons. The summed E-state index contributed by atoms with van der Waals surface area (Å²) in [6.07, 6.45) is 2.71. The van der Waals surface area contributed by atoms with E-state index in [1.807, 2.05) is 0 Å². The number of esters is 1. The van der Waals surface area contributed by atoms with Gasteiger partial charge in [0.05, 0.1) is 12.2 Å². The second-order valence-corrected chi connectivity index (χ2v) is 12.8. The summed E-state index contributed by atoms with van der Waals surface area (Å²) in [6.45, 7) is 7.46. The molecule has 4 heterocycles. The lowest BCUT2D eigenvalue weighted by atomic mass is 9.97. The van der Waals surface area contributed by atoms with Crippen molar-refractivity contribution in [2.24, 2.45) is 5.92 Å². The van der Waals surface area contributed by atoms with Crippen molar-refractivity contribution in [2.45, 2.75) is 50.3 Å². The number of hydrogen-bond acceptors (Lipinski definition) is 8. The monoisotopic (exact) mass is 525 g/mol. The van der Waals surface area contributed by atoms with Crippen molar-refractivity contribution in [2.75, 3.05) is 38.1 Å². The predicted molar refractivity (Wildman–Crippen MR) is 134 cm³/mol. The summed E-state index contributed by atoms with van der Waals surface area (Å²) >= 11 is 2.66. The van der Waals surface area contributed by atoms with Crippen LogP contribution in [0.25, 0.3) is 0 Å². The molecular formula is C23H31N3O5S3. The first-order chi connectivity index (χ1) is 16.3. The summed E-state index contributed by atoms with van der Waals surface area (Å²) < 4.78 is 32.6. The van der Waals surface area contributed by atoms with E-state index in [2.05, 4.69) is 17.1 Å². The average Bonchev–Trinajstić information content (AvgIpc) is 3.48. The van der Waals surface area contributed by atoms with Crippen molar-refractivity contribution in [3.05, 3.63) is 33.5 Å². The van der Waals surface area contributed by atoms with E-state index in [4.69, 9.17) is 4.74 Å². The topological polar surface area (TPSA) is 96.0 Å². The zero-order valence-corrected chi connectivity index (χ0v) is 22.0. The highest BCUT2D eigenvalue weighted by atomic mass is 32.2. The van der Waals surface area contributed by atoms with Crippen LogP contribution in [0.3, 0.4) is 0 Å². The molecule has 1 saturated heterocycles. The molecule has 4 rings (SSSR count). The molecule has 0 aliphatic carbocycles. The van der Waals surface area contributed by atoms with Crippen molar-refractivity contribution in [3.63, 3.8) is 0 Å². The number of amides is 1. The lowest BCUT2D eigenvalue weighted by Crippen LogP contribution is -2.41. The minimum atomic E-state index is -3.51. The number of nitrogens with zero attached hydrogens (tertiary/aromatic N) is 2. The van der Waals surface area contributed by atoms with Crippen LogP contribution in [-0.4, -0.2) is 62.3 Å². The normalized spacial score (nSPS) is 17.9. The fourth-order valence-corrected chi connectivity index (χ4v) is 8.48. The van der Waals surface area contributed by atoms with E-state index in [1.54, 1.807) is 24.4 Å². The molecule has 1 amide bonds. The zero-order valence-electron chi connectivity index (χ0n) is 19.5. The van der Waals surface area contributed by atoms with Gasteiger partial charge in [0, 0.05) is 37.0 Å². The Labute approximate surface area is 208 Å². The number of carbonyl (C=O) groups excluding carboxylic acids is 2. The highest BCUT2D eigenvalue weighted by molar-refractivity contribution is 7.91. The van der Waals surface area contributed by atoms with Crippen molar-refractivity contribution >= 4 is 49.6 Å². The van der Waals surface area contributed by atoms with Crippen LogP contribution in [0.4, 0.5) is 5.00 Å². The number of fused-ring (bicyclic) bond motifs is 1. The van der Waals surface area contributed by atoms with E-state index in [1.165, 1.54) is 27.0 Å². The maximum Gasteiger partial charge on any atom is 0.341 e. The molecule has 1 fully saturated rings. The van der Waals surface area contributed by atoms with Crippen LogP contribution in [0.5, 0.6) is 0 Å². The quantitative estimate of drug-likeness (QED) is 0.527. The number of nitrogens with one attached hydrogen (secondary N) is 1. The molecule has 11 heteroatoms. The second-order valence-electron chi connectivity index (χ2n) is 8.55. The molecule has 0 bridgehead atoms. The molecule has 0 saturated carbocycles. The molecule has 0 unspecified atom stereocenters. The van der Waals surface area contributed by atoms with Gasteiger partial charge in [0.2, 0.25) is 5.91 Å². The van der Waals surface area contributed by atoms with E-state index in [0.29, 0.717) is 40.7 Å². The molecule has 0 spiro atoms. The molecule has 2 aliphatic heterocycles. The van der Waals surface area contributed by atoms with Crippen LogP contribution in [-0.2, 0) is 32.5 Å². The highest BCUT2D eigenvalue weighted by Gasteiger charge is 2.34. The number of anilines is 1. The van der Waals surface area contributed by atoms with Crippen molar-refractivity contribution in [1.29, 1.82) is 0 Å². The van der Waals surface area contributed by atoms with Gasteiger partial charge in [-0.1, -0.05) is 13.0 Å². The fourth-order valence-electron chi connectivity index (χ4n) is 4.58. The summed E-state index contributed by atoms with van der Waals surface area (Å²) in [5.41, 5.74) is 1.48. The van der Waals surface area contributed by atoms with Gasteiger partial charge >= 0.3 is 5.97 Å². The number of thiophene rings is 2.